The molecule has 2 rings (SSSR count). The highest BCUT2D eigenvalue weighted by Gasteiger charge is 2.21. The maximum absolute atomic E-state index is 12.8. The molecule has 0 aliphatic carbocycles. The van der Waals surface area contributed by atoms with Crippen LogP contribution < -0.4 is 9.04 Å². The highest BCUT2D eigenvalue weighted by molar-refractivity contribution is 9.10. The van der Waals surface area contributed by atoms with Crippen LogP contribution in [0.5, 0.6) is 5.75 Å². The van der Waals surface area contributed by atoms with Crippen LogP contribution in [-0.4, -0.2) is 46.6 Å². The number of rotatable bonds is 12. The lowest BCUT2D eigenvalue weighted by Crippen LogP contribution is -2.27. The van der Waals surface area contributed by atoms with E-state index in [-0.39, 0.29) is 4.90 Å². The van der Waals surface area contributed by atoms with Crippen molar-refractivity contribution in [3.05, 3.63) is 53.0 Å². The Kier molecular flexibility index (Phi) is 9.65. The zero-order chi connectivity index (χ0) is 22.1. The lowest BCUT2D eigenvalue weighted by Gasteiger charge is -2.20. The van der Waals surface area contributed by atoms with Crippen molar-refractivity contribution in [3.63, 3.8) is 0 Å². The second-order valence-corrected chi connectivity index (χ2v) is 10.6. The molecule has 166 valence electrons. The second-order valence-electron chi connectivity index (χ2n) is 7.76. The molecule has 2 aromatic rings. The van der Waals surface area contributed by atoms with Gasteiger partial charge in [0.15, 0.2) is 0 Å². The smallest absolute Gasteiger partial charge is 0.264 e. The SMILES string of the molecule is CC(C)N(C)CCCCCCOc1ccc(N(C)S(=O)(=O)c2ccc(Br)cc2)cc1. The molecule has 0 saturated heterocycles. The van der Waals surface area contributed by atoms with Gasteiger partial charge in [-0.05, 0) is 88.8 Å². The summed E-state index contributed by atoms with van der Waals surface area (Å²) in [6.45, 7) is 6.24. The molecular formula is C23H33BrN2O3S. The fraction of sp³-hybridized carbons (Fsp3) is 0.478. The fourth-order valence-electron chi connectivity index (χ4n) is 2.92. The van der Waals surface area contributed by atoms with Gasteiger partial charge in [-0.3, -0.25) is 4.31 Å². The Morgan fingerprint density at radius 1 is 0.900 bits per heavy atom. The normalized spacial score (nSPS) is 11.8. The molecule has 0 fully saturated rings. The van der Waals surface area contributed by atoms with Crippen molar-refractivity contribution >= 4 is 31.6 Å². The van der Waals surface area contributed by atoms with Gasteiger partial charge < -0.3 is 9.64 Å². The van der Waals surface area contributed by atoms with Crippen LogP contribution in [0.15, 0.2) is 57.9 Å². The quantitative estimate of drug-likeness (QED) is 0.361. The van der Waals surface area contributed by atoms with E-state index in [9.17, 15) is 8.42 Å². The minimum absolute atomic E-state index is 0.258. The van der Waals surface area contributed by atoms with Crippen molar-refractivity contribution in [2.45, 2.75) is 50.5 Å². The van der Waals surface area contributed by atoms with Crippen molar-refractivity contribution in [2.75, 3.05) is 31.6 Å². The summed E-state index contributed by atoms with van der Waals surface area (Å²) in [5, 5.41) is 0. The summed E-state index contributed by atoms with van der Waals surface area (Å²) in [6, 6.07) is 14.4. The molecule has 0 saturated carbocycles. The lowest BCUT2D eigenvalue weighted by molar-refractivity contribution is 0.263. The van der Waals surface area contributed by atoms with Crippen molar-refractivity contribution in [3.8, 4) is 5.75 Å². The first kappa shape index (κ1) is 24.7. The number of sulfonamides is 1. The van der Waals surface area contributed by atoms with Gasteiger partial charge in [-0.2, -0.15) is 0 Å². The molecule has 0 aliphatic rings. The number of hydrogen-bond donors (Lipinski definition) is 0. The molecule has 7 heteroatoms. The molecule has 0 bridgehead atoms. The summed E-state index contributed by atoms with van der Waals surface area (Å²) in [7, 11) is 0.130. The molecule has 0 heterocycles. The van der Waals surface area contributed by atoms with E-state index in [0.29, 0.717) is 18.3 Å². The standard InChI is InChI=1S/C23H33BrN2O3S/c1-19(2)25(3)17-7-5-6-8-18-29-22-13-11-21(12-14-22)26(4)30(27,28)23-15-9-20(24)10-16-23/h9-16,19H,5-8,17-18H2,1-4H3. The molecule has 0 amide bonds. The molecule has 2 aromatic carbocycles. The van der Waals surface area contributed by atoms with E-state index in [1.165, 1.54) is 17.1 Å². The van der Waals surface area contributed by atoms with Crippen LogP contribution in [0.3, 0.4) is 0 Å². The number of ether oxygens (including phenoxy) is 1. The molecular weight excluding hydrogens is 464 g/mol. The summed E-state index contributed by atoms with van der Waals surface area (Å²) >= 11 is 3.33. The van der Waals surface area contributed by atoms with Gasteiger partial charge in [0.2, 0.25) is 0 Å². The first-order valence-electron chi connectivity index (χ1n) is 10.4. The van der Waals surface area contributed by atoms with Crippen LogP contribution in [0, 0.1) is 0 Å². The molecule has 0 aliphatic heterocycles. The Labute approximate surface area is 190 Å². The van der Waals surface area contributed by atoms with E-state index in [4.69, 9.17) is 4.74 Å². The molecule has 0 unspecified atom stereocenters. The first-order valence-corrected chi connectivity index (χ1v) is 12.6. The average molecular weight is 497 g/mol. The van der Waals surface area contributed by atoms with Crippen LogP contribution in [-0.2, 0) is 10.0 Å². The van der Waals surface area contributed by atoms with Crippen LogP contribution in [0.1, 0.15) is 39.5 Å². The minimum Gasteiger partial charge on any atom is -0.494 e. The van der Waals surface area contributed by atoms with E-state index in [1.54, 1.807) is 43.4 Å². The van der Waals surface area contributed by atoms with Crippen LogP contribution in [0.4, 0.5) is 5.69 Å². The number of anilines is 1. The highest BCUT2D eigenvalue weighted by Crippen LogP contribution is 2.25. The molecule has 0 atom stereocenters. The number of halogens is 1. The van der Waals surface area contributed by atoms with Gasteiger partial charge in [0.25, 0.3) is 10.0 Å². The van der Waals surface area contributed by atoms with E-state index >= 15 is 0 Å². The third-order valence-electron chi connectivity index (χ3n) is 5.23. The van der Waals surface area contributed by atoms with E-state index in [0.717, 1.165) is 29.6 Å². The van der Waals surface area contributed by atoms with Gasteiger partial charge in [-0.1, -0.05) is 28.8 Å². The summed E-state index contributed by atoms with van der Waals surface area (Å²) < 4.78 is 33.5. The second kappa shape index (κ2) is 11.7. The molecule has 30 heavy (non-hydrogen) atoms. The lowest BCUT2D eigenvalue weighted by atomic mass is 10.2. The van der Waals surface area contributed by atoms with E-state index < -0.39 is 10.0 Å². The predicted octanol–water partition coefficient (Wildman–Crippen LogP) is 5.55. The summed E-state index contributed by atoms with van der Waals surface area (Å²) in [4.78, 5) is 2.62. The molecule has 0 spiro atoms. The van der Waals surface area contributed by atoms with Gasteiger partial charge in [-0.25, -0.2) is 8.42 Å². The maximum atomic E-state index is 12.8. The maximum Gasteiger partial charge on any atom is 0.264 e. The van der Waals surface area contributed by atoms with Crippen LogP contribution >= 0.6 is 15.9 Å². The van der Waals surface area contributed by atoms with Crippen LogP contribution in [0.25, 0.3) is 0 Å². The molecule has 0 radical (unpaired) electrons. The van der Waals surface area contributed by atoms with E-state index in [1.807, 2.05) is 12.1 Å². The average Bonchev–Trinajstić information content (AvgIpc) is 2.73. The Morgan fingerprint density at radius 3 is 2.10 bits per heavy atom. The summed E-state index contributed by atoms with van der Waals surface area (Å²) in [5.74, 6) is 0.757. The molecule has 0 N–H and O–H groups in total. The predicted molar refractivity (Wildman–Crippen MR) is 128 cm³/mol. The number of unbranched alkanes of at least 4 members (excludes halogenated alkanes) is 3. The van der Waals surface area contributed by atoms with Crippen molar-refractivity contribution in [2.24, 2.45) is 0 Å². The first-order chi connectivity index (χ1) is 14.2. The topological polar surface area (TPSA) is 49.9 Å². The summed E-state index contributed by atoms with van der Waals surface area (Å²) in [5.41, 5.74) is 0.597. The Bertz CT molecular complexity index is 868. The Balaban J connectivity index is 1.78. The van der Waals surface area contributed by atoms with Gasteiger partial charge in [0.05, 0.1) is 17.2 Å². The van der Waals surface area contributed by atoms with E-state index in [2.05, 4.69) is 41.7 Å². The Morgan fingerprint density at radius 2 is 1.50 bits per heavy atom. The van der Waals surface area contributed by atoms with Gasteiger partial charge in [0.1, 0.15) is 5.75 Å². The van der Waals surface area contributed by atoms with Crippen LogP contribution in [0.2, 0.25) is 0 Å². The van der Waals surface area contributed by atoms with Gasteiger partial charge in [-0.15, -0.1) is 0 Å². The Hall–Kier alpha value is -1.57. The zero-order valence-corrected chi connectivity index (χ0v) is 20.7. The fourth-order valence-corrected chi connectivity index (χ4v) is 4.38. The molecule has 5 nitrogen and oxygen atoms in total. The highest BCUT2D eigenvalue weighted by atomic mass is 79.9. The zero-order valence-electron chi connectivity index (χ0n) is 18.3. The van der Waals surface area contributed by atoms with Gasteiger partial charge >= 0.3 is 0 Å². The van der Waals surface area contributed by atoms with Gasteiger partial charge in [0, 0.05) is 17.6 Å². The number of benzene rings is 2. The largest absolute Gasteiger partial charge is 0.494 e. The van der Waals surface area contributed by atoms with Crippen molar-refractivity contribution in [1.29, 1.82) is 0 Å². The number of nitrogens with zero attached hydrogens (tertiary/aromatic N) is 2. The number of hydrogen-bond acceptors (Lipinski definition) is 4. The third-order valence-corrected chi connectivity index (χ3v) is 7.56. The summed E-state index contributed by atoms with van der Waals surface area (Å²) in [6.07, 6.45) is 4.59. The third kappa shape index (κ3) is 7.29. The minimum atomic E-state index is -3.59. The van der Waals surface area contributed by atoms with Crippen molar-refractivity contribution < 1.29 is 13.2 Å². The monoisotopic (exact) mass is 496 g/mol. The molecule has 0 aromatic heterocycles. The van der Waals surface area contributed by atoms with Crippen molar-refractivity contribution in [1.82, 2.24) is 4.90 Å².